The Labute approximate surface area is 207 Å². The molecule has 0 saturated carbocycles. The number of nitrogens with zero attached hydrogens (tertiary/aromatic N) is 6. The van der Waals surface area contributed by atoms with Crippen molar-refractivity contribution in [3.63, 3.8) is 0 Å². The van der Waals surface area contributed by atoms with Crippen molar-refractivity contribution < 1.29 is 35.7 Å². The van der Waals surface area contributed by atoms with Crippen LogP contribution in [-0.2, 0) is 16.0 Å². The molecule has 5 rings (SSSR count). The number of hydrogen-bond donors (Lipinski definition) is 0. The molecule has 32 heavy (non-hydrogen) atoms. The monoisotopic (exact) mass is 593 g/mol. The fourth-order valence-corrected chi connectivity index (χ4v) is 7.73. The van der Waals surface area contributed by atoms with E-state index in [9.17, 15) is 4.79 Å². The van der Waals surface area contributed by atoms with Gasteiger partial charge in [-0.1, -0.05) is 0 Å². The van der Waals surface area contributed by atoms with Gasteiger partial charge in [0, 0.05) is 0 Å². The zero-order valence-electron chi connectivity index (χ0n) is 18.4. The second-order valence-electron chi connectivity index (χ2n) is 9.27. The first-order valence-corrected chi connectivity index (χ1v) is 14.5. The van der Waals surface area contributed by atoms with Gasteiger partial charge in [0.25, 0.3) is 0 Å². The molecule has 2 aromatic rings. The number of fused-ring (bicyclic) bond motifs is 3. The van der Waals surface area contributed by atoms with Gasteiger partial charge in [0.1, 0.15) is 5.60 Å². The van der Waals surface area contributed by atoms with Crippen molar-refractivity contribution in [2.24, 2.45) is 0 Å². The standard InChI is InChI=1S/C20H27ClIN6O3S/c1-20(2,3)31-19(29)28-12-4-5-13(28)9-26(8-12)10-14-23-15-16(27-6-7-30-11-22-27)24-18(21)25-17(15)32-14/h12-13H,4-11H2,1-3H3/q-1. The van der Waals surface area contributed by atoms with Gasteiger partial charge in [0.15, 0.2) is 0 Å². The summed E-state index contributed by atoms with van der Waals surface area (Å²) in [7, 11) is 0. The Morgan fingerprint density at radius 1 is 1.25 bits per heavy atom. The Kier molecular flexibility index (Phi) is 6.38. The molecule has 1 amide bonds. The molecule has 0 aromatic carbocycles. The molecule has 2 unspecified atom stereocenters. The molecule has 3 aliphatic rings. The van der Waals surface area contributed by atoms with Crippen molar-refractivity contribution >= 4 is 45.2 Å². The van der Waals surface area contributed by atoms with E-state index in [1.54, 1.807) is 11.3 Å². The predicted octanol–water partition coefficient (Wildman–Crippen LogP) is 0.122. The number of aromatic nitrogens is 3. The number of likely N-dealkylation sites (tertiary alicyclic amines) is 1. The number of carbonyl (C=O) groups is 1. The summed E-state index contributed by atoms with van der Waals surface area (Å²) in [5.74, 6) is 0.841. The predicted molar refractivity (Wildman–Crippen MR) is 119 cm³/mol. The number of thiazole rings is 1. The van der Waals surface area contributed by atoms with E-state index in [0.29, 0.717) is 6.61 Å². The van der Waals surface area contributed by atoms with Crippen molar-refractivity contribution in [3.8, 4) is 0 Å². The van der Waals surface area contributed by atoms with E-state index >= 15 is 0 Å². The van der Waals surface area contributed by atoms with Gasteiger partial charge in [-0.15, -0.1) is 0 Å². The molecule has 0 N–H and O–H groups in total. The molecule has 2 atom stereocenters. The topological polar surface area (TPSA) is 83.9 Å². The number of carbonyl (C=O) groups excluding carboxylic acids is 1. The minimum atomic E-state index is -0.475. The van der Waals surface area contributed by atoms with Crippen molar-refractivity contribution in [3.05, 3.63) is 10.3 Å². The van der Waals surface area contributed by atoms with E-state index < -0.39 is 5.60 Å². The summed E-state index contributed by atoms with van der Waals surface area (Å²) in [6.45, 7) is 9.67. The van der Waals surface area contributed by atoms with Crippen molar-refractivity contribution in [2.75, 3.05) is 34.0 Å². The van der Waals surface area contributed by atoms with Gasteiger partial charge >= 0.3 is 181 Å². The van der Waals surface area contributed by atoms with Gasteiger partial charge in [-0.25, -0.2) is 0 Å². The molecule has 3 saturated heterocycles. The first kappa shape index (κ1) is 22.8. The minimum absolute atomic E-state index is 0.187. The first-order valence-electron chi connectivity index (χ1n) is 10.8. The maximum absolute atomic E-state index is 12.7. The second-order valence-corrected chi connectivity index (χ2v) is 13.1. The van der Waals surface area contributed by atoms with E-state index in [2.05, 4.69) is 18.0 Å². The Bertz CT molecular complexity index is 997. The van der Waals surface area contributed by atoms with E-state index in [1.807, 2.05) is 25.7 Å². The summed E-state index contributed by atoms with van der Waals surface area (Å²) in [6.07, 6.45) is 1.85. The molecule has 0 aliphatic carbocycles. The molecule has 2 aromatic heterocycles. The average Bonchev–Trinajstić information content (AvgIpc) is 3.24. The van der Waals surface area contributed by atoms with Gasteiger partial charge in [0.05, 0.1) is 0 Å². The molecule has 3 fully saturated rings. The van der Waals surface area contributed by atoms with Crippen molar-refractivity contribution in [1.82, 2.24) is 24.8 Å². The number of rotatable bonds is 3. The normalized spacial score (nSPS) is 24.6. The number of amides is 1. The van der Waals surface area contributed by atoms with Crippen LogP contribution < -0.4 is 24.6 Å². The molecule has 0 radical (unpaired) electrons. The molecule has 0 spiro atoms. The van der Waals surface area contributed by atoms with E-state index in [1.165, 1.54) is 0 Å². The number of hydrogen-bond acceptors (Lipinski definition) is 9. The fourth-order valence-electron chi connectivity index (χ4n) is 4.50. The number of anilines is 1. The zero-order chi connectivity index (χ0) is 22.5. The molecule has 12 heteroatoms. The third kappa shape index (κ3) is 4.77. The van der Waals surface area contributed by atoms with Crippen LogP contribution in [0, 0.1) is 0 Å². The maximum atomic E-state index is 12.7. The molecule has 9 nitrogen and oxygen atoms in total. The summed E-state index contributed by atoms with van der Waals surface area (Å²) < 4.78 is 14.2. The molecular formula is C20H27ClIN6O3S-. The van der Waals surface area contributed by atoms with Crippen LogP contribution in [0.2, 0.25) is 5.28 Å². The summed E-state index contributed by atoms with van der Waals surface area (Å²) in [5, 5.41) is 1.27. The summed E-state index contributed by atoms with van der Waals surface area (Å²) in [4.78, 5) is 31.8. The molecule has 5 heterocycles. The molecule has 176 valence electrons. The van der Waals surface area contributed by atoms with Crippen LogP contribution in [-0.4, -0.2) is 79.4 Å². The van der Waals surface area contributed by atoms with Crippen LogP contribution in [0.5, 0.6) is 0 Å². The van der Waals surface area contributed by atoms with Crippen LogP contribution in [0.3, 0.4) is 0 Å². The first-order chi connectivity index (χ1) is 15.3. The van der Waals surface area contributed by atoms with Gasteiger partial charge in [-0.3, -0.25) is 0 Å². The van der Waals surface area contributed by atoms with Crippen LogP contribution in [0.15, 0.2) is 0 Å². The summed E-state index contributed by atoms with van der Waals surface area (Å²) >= 11 is 7.53. The third-order valence-corrected chi connectivity index (χ3v) is 9.30. The molecule has 3 aliphatic heterocycles. The van der Waals surface area contributed by atoms with Crippen LogP contribution in [0.1, 0.15) is 38.6 Å². The second kappa shape index (κ2) is 8.97. The van der Waals surface area contributed by atoms with Gasteiger partial charge in [0.2, 0.25) is 0 Å². The number of piperazine rings is 1. The Hall–Kier alpha value is -1.02. The van der Waals surface area contributed by atoms with Crippen LogP contribution in [0.4, 0.5) is 10.6 Å². The fraction of sp³-hybridized carbons (Fsp3) is 0.700. The quantitative estimate of drug-likeness (QED) is 0.215. The zero-order valence-corrected chi connectivity index (χ0v) is 22.1. The van der Waals surface area contributed by atoms with Gasteiger partial charge in [-0.2, -0.15) is 0 Å². The van der Waals surface area contributed by atoms with Crippen molar-refractivity contribution in [1.29, 1.82) is 0 Å². The number of halogens is 2. The van der Waals surface area contributed by atoms with Crippen molar-refractivity contribution in [2.45, 2.75) is 57.8 Å². The third-order valence-electron chi connectivity index (χ3n) is 5.71. The molecular weight excluding hydrogens is 567 g/mol. The Balaban J connectivity index is 1.31. The Morgan fingerprint density at radius 2 is 2.00 bits per heavy atom. The van der Waals surface area contributed by atoms with Crippen LogP contribution in [0.25, 0.3) is 10.3 Å². The number of alkyl halides is 1. The summed E-state index contributed by atoms with van der Waals surface area (Å²) in [6, 6.07) is 0.391. The van der Waals surface area contributed by atoms with Gasteiger partial charge in [-0.05, 0) is 20.8 Å². The Morgan fingerprint density at radius 3 is 2.66 bits per heavy atom. The number of ether oxygens (including phenoxy) is 2. The van der Waals surface area contributed by atoms with Gasteiger partial charge < -0.3 is 0 Å². The van der Waals surface area contributed by atoms with E-state index in [-0.39, 0.29) is 44.9 Å². The SMILES string of the molecule is CC(C)(C)OC(=O)N1C2CCC1CN(Cc1nc3c(N4CCOC[I-]4)nc(Cl)nc3s1)C2. The van der Waals surface area contributed by atoms with Crippen LogP contribution >= 0.6 is 22.9 Å². The average molecular weight is 594 g/mol. The summed E-state index contributed by atoms with van der Waals surface area (Å²) in [5.41, 5.74) is 0.364. The van der Waals surface area contributed by atoms with E-state index in [0.717, 1.165) is 64.8 Å². The molecule has 2 bridgehead atoms. The van der Waals surface area contributed by atoms with E-state index in [4.69, 9.17) is 26.1 Å².